The summed E-state index contributed by atoms with van der Waals surface area (Å²) < 4.78 is 1.74. The molecule has 2 N–H and O–H groups in total. The van der Waals surface area contributed by atoms with Crippen molar-refractivity contribution in [2.75, 3.05) is 5.73 Å². The first-order chi connectivity index (χ1) is 6.68. The van der Waals surface area contributed by atoms with Crippen molar-refractivity contribution in [3.63, 3.8) is 0 Å². The molecule has 0 fully saturated rings. The molecule has 0 aromatic carbocycles. The van der Waals surface area contributed by atoms with Gasteiger partial charge in [0.1, 0.15) is 0 Å². The highest BCUT2D eigenvalue weighted by Gasteiger charge is 2.08. The number of nitrogens with zero attached hydrogens (tertiary/aromatic N) is 3. The van der Waals surface area contributed by atoms with Crippen LogP contribution in [-0.2, 0) is 6.54 Å². The summed E-state index contributed by atoms with van der Waals surface area (Å²) in [6, 6.07) is 1.87. The molecular weight excluding hydrogens is 220 g/mol. The maximum Gasteiger partial charge on any atom is 0.168 e. The van der Waals surface area contributed by atoms with Crippen molar-refractivity contribution in [3.8, 4) is 0 Å². The van der Waals surface area contributed by atoms with E-state index in [-0.39, 0.29) is 0 Å². The van der Waals surface area contributed by atoms with Crippen molar-refractivity contribution in [1.29, 1.82) is 0 Å². The molecule has 0 saturated carbocycles. The molecule has 0 atom stereocenters. The Bertz CT molecular complexity index is 448. The Balaban J connectivity index is 2.27. The first-order valence-electron chi connectivity index (χ1n) is 4.06. The standard InChI is InChI=1S/C8H9ClN4S/c1-5-8(10)11-12-13(5)4-7-6(9)2-3-14-7/h2-3H,4,10H2,1H3. The predicted octanol–water partition coefficient (Wildman–Crippen LogP) is 1.93. The van der Waals surface area contributed by atoms with Gasteiger partial charge in [-0.2, -0.15) is 0 Å². The molecule has 2 rings (SSSR count). The fraction of sp³-hybridized carbons (Fsp3) is 0.250. The fourth-order valence-corrected chi connectivity index (χ4v) is 2.17. The van der Waals surface area contributed by atoms with Gasteiger partial charge in [-0.05, 0) is 18.4 Å². The zero-order valence-electron chi connectivity index (χ0n) is 7.57. The minimum absolute atomic E-state index is 0.470. The van der Waals surface area contributed by atoms with Crippen molar-refractivity contribution in [2.45, 2.75) is 13.5 Å². The molecular formula is C8H9ClN4S. The molecule has 6 heteroatoms. The monoisotopic (exact) mass is 228 g/mol. The van der Waals surface area contributed by atoms with Crippen LogP contribution in [0.4, 0.5) is 5.82 Å². The van der Waals surface area contributed by atoms with Gasteiger partial charge in [-0.1, -0.05) is 16.8 Å². The minimum atomic E-state index is 0.470. The third-order valence-electron chi connectivity index (χ3n) is 2.00. The van der Waals surface area contributed by atoms with Crippen LogP contribution in [0.2, 0.25) is 5.02 Å². The number of hydrogen-bond donors (Lipinski definition) is 1. The Morgan fingerprint density at radius 3 is 2.93 bits per heavy atom. The van der Waals surface area contributed by atoms with E-state index in [0.717, 1.165) is 15.6 Å². The summed E-state index contributed by atoms with van der Waals surface area (Å²) in [5.74, 6) is 0.470. The van der Waals surface area contributed by atoms with Crippen molar-refractivity contribution in [1.82, 2.24) is 15.0 Å². The topological polar surface area (TPSA) is 56.7 Å². The van der Waals surface area contributed by atoms with Crippen LogP contribution < -0.4 is 5.73 Å². The van der Waals surface area contributed by atoms with Gasteiger partial charge in [0.25, 0.3) is 0 Å². The Hall–Kier alpha value is -1.07. The lowest BCUT2D eigenvalue weighted by Gasteiger charge is -2.00. The lowest BCUT2D eigenvalue weighted by Crippen LogP contribution is -2.03. The van der Waals surface area contributed by atoms with Gasteiger partial charge in [-0.15, -0.1) is 16.4 Å². The van der Waals surface area contributed by atoms with E-state index in [1.807, 2.05) is 18.4 Å². The molecule has 0 spiro atoms. The molecule has 14 heavy (non-hydrogen) atoms. The second-order valence-electron chi connectivity index (χ2n) is 2.91. The second-order valence-corrected chi connectivity index (χ2v) is 4.32. The van der Waals surface area contributed by atoms with Crippen LogP contribution in [0.5, 0.6) is 0 Å². The van der Waals surface area contributed by atoms with Gasteiger partial charge in [0, 0.05) is 4.88 Å². The highest BCUT2D eigenvalue weighted by atomic mass is 35.5. The van der Waals surface area contributed by atoms with Crippen molar-refractivity contribution < 1.29 is 0 Å². The molecule has 0 aliphatic carbocycles. The summed E-state index contributed by atoms with van der Waals surface area (Å²) in [4.78, 5) is 1.07. The van der Waals surface area contributed by atoms with Gasteiger partial charge in [-0.25, -0.2) is 4.68 Å². The van der Waals surface area contributed by atoms with E-state index in [1.165, 1.54) is 0 Å². The van der Waals surface area contributed by atoms with E-state index in [0.29, 0.717) is 12.4 Å². The van der Waals surface area contributed by atoms with Crippen LogP contribution >= 0.6 is 22.9 Å². The Kier molecular flexibility index (Phi) is 2.43. The van der Waals surface area contributed by atoms with Gasteiger partial charge in [-0.3, -0.25) is 0 Å². The number of halogens is 1. The van der Waals surface area contributed by atoms with Crippen molar-refractivity contribution in [2.24, 2.45) is 0 Å². The third-order valence-corrected chi connectivity index (χ3v) is 3.37. The number of anilines is 1. The molecule has 0 aliphatic rings. The van der Waals surface area contributed by atoms with Gasteiger partial charge >= 0.3 is 0 Å². The summed E-state index contributed by atoms with van der Waals surface area (Å²) >= 11 is 7.57. The second kappa shape index (κ2) is 3.59. The van der Waals surface area contributed by atoms with Gasteiger partial charge in [0.15, 0.2) is 5.82 Å². The molecule has 0 aliphatic heterocycles. The quantitative estimate of drug-likeness (QED) is 0.855. The Morgan fingerprint density at radius 2 is 2.43 bits per heavy atom. The highest BCUT2D eigenvalue weighted by molar-refractivity contribution is 7.10. The molecule has 0 radical (unpaired) electrons. The van der Waals surface area contributed by atoms with Crippen LogP contribution in [-0.4, -0.2) is 15.0 Å². The van der Waals surface area contributed by atoms with Crippen LogP contribution in [0.1, 0.15) is 10.6 Å². The lowest BCUT2D eigenvalue weighted by atomic mass is 10.4. The molecule has 0 bridgehead atoms. The first kappa shape index (κ1) is 9.48. The summed E-state index contributed by atoms with van der Waals surface area (Å²) in [6.07, 6.45) is 0. The average Bonchev–Trinajstić information content (AvgIpc) is 2.68. The summed E-state index contributed by atoms with van der Waals surface area (Å²) in [7, 11) is 0. The van der Waals surface area contributed by atoms with E-state index < -0.39 is 0 Å². The van der Waals surface area contributed by atoms with E-state index in [2.05, 4.69) is 10.3 Å². The van der Waals surface area contributed by atoms with Gasteiger partial charge in [0.05, 0.1) is 17.3 Å². The van der Waals surface area contributed by atoms with Crippen LogP contribution in [0.15, 0.2) is 11.4 Å². The fourth-order valence-electron chi connectivity index (χ4n) is 1.10. The van der Waals surface area contributed by atoms with Gasteiger partial charge < -0.3 is 5.73 Å². The highest BCUT2D eigenvalue weighted by Crippen LogP contribution is 2.23. The maximum atomic E-state index is 5.97. The zero-order chi connectivity index (χ0) is 10.1. The number of nitrogen functional groups attached to an aromatic ring is 1. The molecule has 2 heterocycles. The van der Waals surface area contributed by atoms with E-state index in [4.69, 9.17) is 17.3 Å². The molecule has 2 aromatic heterocycles. The van der Waals surface area contributed by atoms with E-state index in [1.54, 1.807) is 16.0 Å². The lowest BCUT2D eigenvalue weighted by molar-refractivity contribution is 0.639. The predicted molar refractivity (Wildman–Crippen MR) is 57.6 cm³/mol. The maximum absolute atomic E-state index is 5.97. The van der Waals surface area contributed by atoms with Gasteiger partial charge in [0.2, 0.25) is 0 Å². The Morgan fingerprint density at radius 1 is 1.64 bits per heavy atom. The van der Waals surface area contributed by atoms with Crippen LogP contribution in [0.3, 0.4) is 0 Å². The molecule has 0 unspecified atom stereocenters. The van der Waals surface area contributed by atoms with Crippen LogP contribution in [0.25, 0.3) is 0 Å². The summed E-state index contributed by atoms with van der Waals surface area (Å²) in [5.41, 5.74) is 6.45. The number of rotatable bonds is 2. The largest absolute Gasteiger partial charge is 0.381 e. The number of hydrogen-bond acceptors (Lipinski definition) is 4. The molecule has 0 saturated heterocycles. The Labute approximate surface area is 90.3 Å². The van der Waals surface area contributed by atoms with Crippen molar-refractivity contribution >= 4 is 28.8 Å². The first-order valence-corrected chi connectivity index (χ1v) is 5.31. The summed E-state index contributed by atoms with van der Waals surface area (Å²) in [6.45, 7) is 2.52. The zero-order valence-corrected chi connectivity index (χ0v) is 9.14. The van der Waals surface area contributed by atoms with E-state index in [9.17, 15) is 0 Å². The molecule has 0 amide bonds. The minimum Gasteiger partial charge on any atom is -0.381 e. The molecule has 2 aromatic rings. The van der Waals surface area contributed by atoms with Crippen LogP contribution in [0, 0.1) is 6.92 Å². The number of thiophene rings is 1. The third kappa shape index (κ3) is 1.60. The normalized spacial score (nSPS) is 10.7. The molecule has 74 valence electrons. The smallest absolute Gasteiger partial charge is 0.168 e. The average molecular weight is 229 g/mol. The molecule has 4 nitrogen and oxygen atoms in total. The summed E-state index contributed by atoms with van der Waals surface area (Å²) in [5, 5.41) is 10.4. The number of aromatic nitrogens is 3. The van der Waals surface area contributed by atoms with E-state index >= 15 is 0 Å². The number of nitrogens with two attached hydrogens (primary N) is 1. The SMILES string of the molecule is Cc1c(N)nnn1Cc1sccc1Cl. The van der Waals surface area contributed by atoms with Crippen molar-refractivity contribution in [3.05, 3.63) is 27.0 Å².